The number of hydrogen-bond acceptors (Lipinski definition) is 3. The largest absolute Gasteiger partial charge is 0.396 e. The number of hydrogen-bond donors (Lipinski definition) is 2. The van der Waals surface area contributed by atoms with Crippen molar-refractivity contribution in [1.29, 1.82) is 0 Å². The normalized spacial score (nSPS) is 19.1. The summed E-state index contributed by atoms with van der Waals surface area (Å²) in [5.41, 5.74) is 0.996. The van der Waals surface area contributed by atoms with Gasteiger partial charge in [-0.15, -0.1) is 0 Å². The summed E-state index contributed by atoms with van der Waals surface area (Å²) in [6.07, 6.45) is 4.30. The summed E-state index contributed by atoms with van der Waals surface area (Å²) in [7, 11) is 0. The molecule has 1 aromatic rings. The van der Waals surface area contributed by atoms with Crippen LogP contribution in [0.1, 0.15) is 48.7 Å². The van der Waals surface area contributed by atoms with Crippen LogP contribution in [0.25, 0.3) is 0 Å². The number of aromatic nitrogens is 1. The van der Waals surface area contributed by atoms with Crippen molar-refractivity contribution in [2.75, 3.05) is 13.2 Å². The topological polar surface area (TPSA) is 73.4 Å². The lowest BCUT2D eigenvalue weighted by atomic mass is 9.98. The van der Waals surface area contributed by atoms with E-state index in [9.17, 15) is 9.59 Å². The highest BCUT2D eigenvalue weighted by Gasteiger charge is 2.27. The molecule has 1 aliphatic heterocycles. The van der Waals surface area contributed by atoms with Crippen LogP contribution in [0.5, 0.6) is 0 Å². The van der Waals surface area contributed by atoms with Crippen LogP contribution in [0.3, 0.4) is 0 Å². The molecule has 110 valence electrons. The van der Waals surface area contributed by atoms with E-state index >= 15 is 0 Å². The zero-order valence-electron chi connectivity index (χ0n) is 11.9. The Bertz CT molecular complexity index is 522. The molecule has 0 aromatic carbocycles. The molecule has 5 nitrogen and oxygen atoms in total. The van der Waals surface area contributed by atoms with Crippen molar-refractivity contribution in [3.8, 4) is 0 Å². The maximum atomic E-state index is 12.6. The number of aliphatic hydroxyl groups is 1. The van der Waals surface area contributed by atoms with Gasteiger partial charge in [0, 0.05) is 36.5 Å². The molecule has 1 fully saturated rings. The fraction of sp³-hybridized carbons (Fsp3) is 0.600. The van der Waals surface area contributed by atoms with Crippen LogP contribution in [0.4, 0.5) is 0 Å². The highest BCUT2D eigenvalue weighted by molar-refractivity contribution is 5.94. The van der Waals surface area contributed by atoms with Gasteiger partial charge in [0.15, 0.2) is 0 Å². The number of carbonyl (C=O) groups excluding carboxylic acids is 1. The van der Waals surface area contributed by atoms with Gasteiger partial charge in [0.1, 0.15) is 0 Å². The lowest BCUT2D eigenvalue weighted by Crippen LogP contribution is -2.44. The van der Waals surface area contributed by atoms with Crippen LogP contribution in [0, 0.1) is 0 Å². The number of nitrogens with one attached hydrogen (secondary N) is 1. The monoisotopic (exact) mass is 278 g/mol. The highest BCUT2D eigenvalue weighted by Crippen LogP contribution is 2.21. The quantitative estimate of drug-likeness (QED) is 0.872. The van der Waals surface area contributed by atoms with Crippen molar-refractivity contribution in [2.24, 2.45) is 0 Å². The number of amides is 1. The Labute approximate surface area is 118 Å². The molecule has 0 saturated carbocycles. The second-order valence-corrected chi connectivity index (χ2v) is 5.27. The maximum absolute atomic E-state index is 12.6. The zero-order valence-corrected chi connectivity index (χ0v) is 11.9. The lowest BCUT2D eigenvalue weighted by molar-refractivity contribution is 0.0574. The molecule has 2 heterocycles. The van der Waals surface area contributed by atoms with E-state index in [1.54, 1.807) is 6.07 Å². The Kier molecular flexibility index (Phi) is 4.95. The number of aliphatic hydroxyl groups excluding tert-OH is 1. The molecule has 1 saturated heterocycles. The number of H-pyrrole nitrogens is 1. The van der Waals surface area contributed by atoms with Gasteiger partial charge in [-0.05, 0) is 38.2 Å². The molecule has 1 aromatic heterocycles. The number of piperidine rings is 1. The second kappa shape index (κ2) is 6.70. The van der Waals surface area contributed by atoms with Crippen molar-refractivity contribution in [3.63, 3.8) is 0 Å². The van der Waals surface area contributed by atoms with Gasteiger partial charge in [-0.2, -0.15) is 0 Å². The van der Waals surface area contributed by atoms with Crippen LogP contribution in [0.2, 0.25) is 0 Å². The average Bonchev–Trinajstić information content (AvgIpc) is 2.46. The third-order valence-corrected chi connectivity index (χ3v) is 3.88. The molecule has 2 rings (SSSR count). The molecule has 20 heavy (non-hydrogen) atoms. The number of pyridine rings is 1. The number of aromatic amines is 1. The van der Waals surface area contributed by atoms with Crippen molar-refractivity contribution in [3.05, 3.63) is 33.7 Å². The Morgan fingerprint density at radius 2 is 2.25 bits per heavy atom. The average molecular weight is 278 g/mol. The highest BCUT2D eigenvalue weighted by atomic mass is 16.3. The predicted molar refractivity (Wildman–Crippen MR) is 76.8 cm³/mol. The second-order valence-electron chi connectivity index (χ2n) is 5.27. The summed E-state index contributed by atoms with van der Waals surface area (Å²) in [5.74, 6) is -0.0936. The summed E-state index contributed by atoms with van der Waals surface area (Å²) in [6.45, 7) is 2.73. The molecule has 1 aliphatic rings. The molecule has 0 radical (unpaired) electrons. The molecule has 0 spiro atoms. The van der Waals surface area contributed by atoms with Crippen LogP contribution >= 0.6 is 0 Å². The minimum absolute atomic E-state index is 0.0873. The maximum Gasteiger partial charge on any atom is 0.254 e. The number of carbonyl (C=O) groups is 1. The van der Waals surface area contributed by atoms with Crippen LogP contribution in [-0.2, 0) is 6.42 Å². The van der Waals surface area contributed by atoms with Crippen molar-refractivity contribution in [2.45, 2.75) is 45.1 Å². The van der Waals surface area contributed by atoms with Crippen molar-refractivity contribution in [1.82, 2.24) is 9.88 Å². The first-order chi connectivity index (χ1) is 9.65. The van der Waals surface area contributed by atoms with Gasteiger partial charge in [-0.25, -0.2) is 0 Å². The molecule has 2 N–H and O–H groups in total. The summed E-state index contributed by atoms with van der Waals surface area (Å²) in [5, 5.41) is 9.12. The van der Waals surface area contributed by atoms with Gasteiger partial charge in [0.2, 0.25) is 5.56 Å². The number of likely N-dealkylation sites (tertiary alicyclic amines) is 1. The standard InChI is InChI=1S/C15H22N2O3/c1-2-12-9-11(10-14(19)16-12)15(20)17-7-4-3-5-13(17)6-8-18/h9-10,13,18H,2-8H2,1H3,(H,16,19)/t13-/m0/s1. The number of rotatable bonds is 4. The van der Waals surface area contributed by atoms with Gasteiger partial charge in [0.25, 0.3) is 5.91 Å². The van der Waals surface area contributed by atoms with Crippen LogP contribution in [0.15, 0.2) is 16.9 Å². The first-order valence-corrected chi connectivity index (χ1v) is 7.30. The van der Waals surface area contributed by atoms with E-state index in [4.69, 9.17) is 5.11 Å². The molecule has 1 atom stereocenters. The fourth-order valence-corrected chi connectivity index (χ4v) is 2.80. The van der Waals surface area contributed by atoms with E-state index in [1.807, 2.05) is 11.8 Å². The third-order valence-electron chi connectivity index (χ3n) is 3.88. The molecular formula is C15H22N2O3. The fourth-order valence-electron chi connectivity index (χ4n) is 2.80. The lowest BCUT2D eigenvalue weighted by Gasteiger charge is -2.35. The van der Waals surface area contributed by atoms with E-state index < -0.39 is 0 Å². The first kappa shape index (κ1) is 14.8. The Morgan fingerprint density at radius 3 is 2.95 bits per heavy atom. The Balaban J connectivity index is 2.24. The van der Waals surface area contributed by atoms with Gasteiger partial charge < -0.3 is 15.0 Å². The van der Waals surface area contributed by atoms with Crippen LogP contribution < -0.4 is 5.56 Å². The van der Waals surface area contributed by atoms with Crippen molar-refractivity contribution < 1.29 is 9.90 Å². The smallest absolute Gasteiger partial charge is 0.254 e. The van der Waals surface area contributed by atoms with E-state index in [2.05, 4.69) is 4.98 Å². The molecular weight excluding hydrogens is 256 g/mol. The minimum Gasteiger partial charge on any atom is -0.396 e. The number of aryl methyl sites for hydroxylation is 1. The van der Waals surface area contributed by atoms with Crippen molar-refractivity contribution >= 4 is 5.91 Å². The van der Waals surface area contributed by atoms with E-state index in [0.29, 0.717) is 24.9 Å². The molecule has 1 amide bonds. The van der Waals surface area contributed by atoms with E-state index in [-0.39, 0.29) is 24.1 Å². The number of nitrogens with zero attached hydrogens (tertiary/aromatic N) is 1. The van der Waals surface area contributed by atoms with E-state index in [1.165, 1.54) is 6.07 Å². The van der Waals surface area contributed by atoms with Crippen LogP contribution in [-0.4, -0.2) is 40.1 Å². The molecule has 0 aliphatic carbocycles. The summed E-state index contributed by atoms with van der Waals surface area (Å²) >= 11 is 0. The molecule has 0 bridgehead atoms. The summed E-state index contributed by atoms with van der Waals surface area (Å²) in [6, 6.07) is 3.21. The third kappa shape index (κ3) is 3.28. The summed E-state index contributed by atoms with van der Waals surface area (Å²) < 4.78 is 0. The zero-order chi connectivity index (χ0) is 14.5. The van der Waals surface area contributed by atoms with Gasteiger partial charge >= 0.3 is 0 Å². The van der Waals surface area contributed by atoms with Gasteiger partial charge in [0.05, 0.1) is 0 Å². The van der Waals surface area contributed by atoms with Gasteiger partial charge in [-0.1, -0.05) is 6.92 Å². The Hall–Kier alpha value is -1.62. The van der Waals surface area contributed by atoms with E-state index in [0.717, 1.165) is 25.0 Å². The molecule has 0 unspecified atom stereocenters. The minimum atomic E-state index is -0.233. The predicted octanol–water partition coefficient (Wildman–Crippen LogP) is 1.31. The first-order valence-electron chi connectivity index (χ1n) is 7.30. The molecule has 5 heteroatoms. The Morgan fingerprint density at radius 1 is 1.45 bits per heavy atom. The van der Waals surface area contributed by atoms with Gasteiger partial charge in [-0.3, -0.25) is 9.59 Å². The SMILES string of the molecule is CCc1cc(C(=O)N2CCCC[C@H]2CCO)cc(=O)[nH]1. The summed E-state index contributed by atoms with van der Waals surface area (Å²) in [4.78, 5) is 28.7.